The van der Waals surface area contributed by atoms with E-state index in [2.05, 4.69) is 5.32 Å². The van der Waals surface area contributed by atoms with Crippen LogP contribution in [0, 0.1) is 0 Å². The first-order valence-corrected chi connectivity index (χ1v) is 9.78. The minimum atomic E-state index is -0.613. The van der Waals surface area contributed by atoms with Crippen molar-refractivity contribution in [2.45, 2.75) is 51.4 Å². The van der Waals surface area contributed by atoms with Crippen LogP contribution in [0.5, 0.6) is 17.2 Å². The molecule has 6 heteroatoms. The molecule has 0 aromatic heterocycles. The highest BCUT2D eigenvalue weighted by Gasteiger charge is 2.36. The van der Waals surface area contributed by atoms with E-state index < -0.39 is 11.7 Å². The van der Waals surface area contributed by atoms with E-state index in [0.29, 0.717) is 23.6 Å². The lowest BCUT2D eigenvalue weighted by Gasteiger charge is -2.38. The number of benzene rings is 2. The van der Waals surface area contributed by atoms with Gasteiger partial charge in [-0.3, -0.25) is 4.79 Å². The zero-order valence-corrected chi connectivity index (χ0v) is 17.4. The van der Waals surface area contributed by atoms with Gasteiger partial charge in [0.15, 0.2) is 6.10 Å². The van der Waals surface area contributed by atoms with Gasteiger partial charge in [-0.2, -0.15) is 0 Å². The Bertz CT molecular complexity index is 852. The lowest BCUT2D eigenvalue weighted by atomic mass is 9.89. The van der Waals surface area contributed by atoms with Crippen LogP contribution in [-0.4, -0.2) is 24.7 Å². The summed E-state index contributed by atoms with van der Waals surface area (Å²) in [5, 5.41) is 3.70. The number of fused-ring (bicyclic) bond motifs is 1. The minimum absolute atomic E-state index is 0.168. The predicted octanol–water partition coefficient (Wildman–Crippen LogP) is 4.92. The molecule has 1 heterocycles. The van der Waals surface area contributed by atoms with E-state index in [-0.39, 0.29) is 11.9 Å². The maximum atomic E-state index is 13.0. The van der Waals surface area contributed by atoms with Crippen LogP contribution >= 0.6 is 11.6 Å². The summed E-state index contributed by atoms with van der Waals surface area (Å²) in [4.78, 5) is 13.0. The SMILES string of the molecule is CC[C@@H](Oc1cccc(Cl)c1)C(=O)N[C@H]1CC(C)(C)Oc2ccc(OC)cc21. The van der Waals surface area contributed by atoms with Crippen LogP contribution < -0.4 is 19.5 Å². The summed E-state index contributed by atoms with van der Waals surface area (Å²) in [5.41, 5.74) is 0.513. The highest BCUT2D eigenvalue weighted by molar-refractivity contribution is 6.30. The molecule has 1 N–H and O–H groups in total. The molecule has 0 aliphatic carbocycles. The number of methoxy groups -OCH3 is 1. The molecule has 0 spiro atoms. The maximum absolute atomic E-state index is 13.0. The van der Waals surface area contributed by atoms with E-state index in [1.807, 2.05) is 39.0 Å². The van der Waals surface area contributed by atoms with Crippen LogP contribution in [0.3, 0.4) is 0 Å². The fraction of sp³-hybridized carbons (Fsp3) is 0.409. The second kappa shape index (κ2) is 8.31. The first kappa shape index (κ1) is 20.3. The molecule has 1 aliphatic heterocycles. The quantitative estimate of drug-likeness (QED) is 0.743. The Morgan fingerprint density at radius 1 is 1.29 bits per heavy atom. The summed E-state index contributed by atoms with van der Waals surface area (Å²) in [7, 11) is 1.62. The van der Waals surface area contributed by atoms with Gasteiger partial charge in [0.25, 0.3) is 5.91 Å². The molecule has 0 saturated carbocycles. The third kappa shape index (κ3) is 4.71. The second-order valence-corrected chi connectivity index (χ2v) is 7.94. The number of hydrogen-bond donors (Lipinski definition) is 1. The molecule has 0 bridgehead atoms. The third-order valence-electron chi connectivity index (χ3n) is 4.73. The van der Waals surface area contributed by atoms with Crippen LogP contribution in [0.15, 0.2) is 42.5 Å². The maximum Gasteiger partial charge on any atom is 0.261 e. The Balaban J connectivity index is 1.80. The Kier molecular flexibility index (Phi) is 6.04. The molecule has 0 unspecified atom stereocenters. The third-order valence-corrected chi connectivity index (χ3v) is 4.96. The van der Waals surface area contributed by atoms with Crippen LogP contribution in [0.1, 0.15) is 45.2 Å². The van der Waals surface area contributed by atoms with Gasteiger partial charge in [0.1, 0.15) is 22.8 Å². The first-order valence-electron chi connectivity index (χ1n) is 9.41. The monoisotopic (exact) mass is 403 g/mol. The molecule has 0 fully saturated rings. The largest absolute Gasteiger partial charge is 0.497 e. The summed E-state index contributed by atoms with van der Waals surface area (Å²) >= 11 is 6.02. The Hall–Kier alpha value is -2.40. The van der Waals surface area contributed by atoms with Gasteiger partial charge in [-0.05, 0) is 56.7 Å². The van der Waals surface area contributed by atoms with Crippen LogP contribution in [0.4, 0.5) is 0 Å². The lowest BCUT2D eigenvalue weighted by molar-refractivity contribution is -0.129. The van der Waals surface area contributed by atoms with Crippen molar-refractivity contribution < 1.29 is 19.0 Å². The fourth-order valence-corrected chi connectivity index (χ4v) is 3.56. The standard InChI is InChI=1S/C22H26ClNO4/c1-5-19(27-16-8-6-7-14(23)11-16)21(25)24-18-13-22(2,3)28-20-10-9-15(26-4)12-17(18)20/h6-12,18-19H,5,13H2,1-4H3,(H,24,25)/t18-,19+/m0/s1. The summed E-state index contributed by atoms with van der Waals surface area (Å²) in [6, 6.07) is 12.5. The highest BCUT2D eigenvalue weighted by Crippen LogP contribution is 2.41. The van der Waals surface area contributed by atoms with Gasteiger partial charge < -0.3 is 19.5 Å². The topological polar surface area (TPSA) is 56.8 Å². The summed E-state index contributed by atoms with van der Waals surface area (Å²) in [6.45, 7) is 5.94. The van der Waals surface area contributed by atoms with Crippen molar-refractivity contribution in [2.75, 3.05) is 7.11 Å². The van der Waals surface area contributed by atoms with E-state index in [1.165, 1.54) is 0 Å². The molecule has 28 heavy (non-hydrogen) atoms. The van der Waals surface area contributed by atoms with Gasteiger partial charge in [0.05, 0.1) is 13.2 Å². The average molecular weight is 404 g/mol. The number of carbonyl (C=O) groups is 1. The smallest absolute Gasteiger partial charge is 0.261 e. The van der Waals surface area contributed by atoms with Gasteiger partial charge in [-0.25, -0.2) is 0 Å². The number of ether oxygens (including phenoxy) is 3. The van der Waals surface area contributed by atoms with Crippen molar-refractivity contribution in [3.05, 3.63) is 53.1 Å². The van der Waals surface area contributed by atoms with Crippen molar-refractivity contribution in [1.82, 2.24) is 5.32 Å². The van der Waals surface area contributed by atoms with Crippen LogP contribution in [0.2, 0.25) is 5.02 Å². The van der Waals surface area contributed by atoms with E-state index in [0.717, 1.165) is 17.1 Å². The van der Waals surface area contributed by atoms with E-state index in [1.54, 1.807) is 31.4 Å². The Labute approximate surface area is 170 Å². The average Bonchev–Trinajstić information content (AvgIpc) is 2.65. The summed E-state index contributed by atoms with van der Waals surface area (Å²) < 4.78 is 17.3. The number of nitrogens with one attached hydrogen (secondary N) is 1. The molecule has 1 amide bonds. The molecule has 2 atom stereocenters. The van der Waals surface area contributed by atoms with E-state index in [9.17, 15) is 4.79 Å². The Morgan fingerprint density at radius 2 is 2.07 bits per heavy atom. The zero-order chi connectivity index (χ0) is 20.3. The zero-order valence-electron chi connectivity index (χ0n) is 16.6. The number of rotatable bonds is 6. The number of halogens is 1. The van der Waals surface area contributed by atoms with Gasteiger partial charge in [0, 0.05) is 17.0 Å². The Morgan fingerprint density at radius 3 is 2.75 bits per heavy atom. The summed E-state index contributed by atoms with van der Waals surface area (Å²) in [6.07, 6.45) is 0.570. The van der Waals surface area contributed by atoms with Crippen molar-refractivity contribution in [1.29, 1.82) is 0 Å². The number of hydrogen-bond acceptors (Lipinski definition) is 4. The van der Waals surface area contributed by atoms with Crippen molar-refractivity contribution in [3.63, 3.8) is 0 Å². The van der Waals surface area contributed by atoms with E-state index >= 15 is 0 Å². The predicted molar refractivity (Wildman–Crippen MR) is 109 cm³/mol. The molecular weight excluding hydrogens is 378 g/mol. The molecule has 5 nitrogen and oxygen atoms in total. The fourth-order valence-electron chi connectivity index (χ4n) is 3.38. The molecule has 3 rings (SSSR count). The lowest BCUT2D eigenvalue weighted by Crippen LogP contribution is -2.45. The molecule has 1 aliphatic rings. The molecule has 0 radical (unpaired) electrons. The van der Waals surface area contributed by atoms with E-state index in [4.69, 9.17) is 25.8 Å². The highest BCUT2D eigenvalue weighted by atomic mass is 35.5. The van der Waals surface area contributed by atoms with Gasteiger partial charge in [0.2, 0.25) is 0 Å². The molecule has 150 valence electrons. The minimum Gasteiger partial charge on any atom is -0.497 e. The molecular formula is C22H26ClNO4. The molecule has 2 aromatic carbocycles. The van der Waals surface area contributed by atoms with Gasteiger partial charge in [-0.15, -0.1) is 0 Å². The molecule has 0 saturated heterocycles. The van der Waals surface area contributed by atoms with Crippen molar-refractivity contribution in [3.8, 4) is 17.2 Å². The van der Waals surface area contributed by atoms with Gasteiger partial charge in [-0.1, -0.05) is 24.6 Å². The normalized spacial score (nSPS) is 18.4. The van der Waals surface area contributed by atoms with Gasteiger partial charge >= 0.3 is 0 Å². The second-order valence-electron chi connectivity index (χ2n) is 7.50. The summed E-state index contributed by atoms with van der Waals surface area (Å²) in [5.74, 6) is 1.89. The molecule has 2 aromatic rings. The van der Waals surface area contributed by atoms with Crippen LogP contribution in [0.25, 0.3) is 0 Å². The van der Waals surface area contributed by atoms with Crippen molar-refractivity contribution in [2.24, 2.45) is 0 Å². The van der Waals surface area contributed by atoms with Crippen LogP contribution in [-0.2, 0) is 4.79 Å². The number of amides is 1. The first-order chi connectivity index (χ1) is 13.3. The van der Waals surface area contributed by atoms with Crippen molar-refractivity contribution >= 4 is 17.5 Å². The number of carbonyl (C=O) groups excluding carboxylic acids is 1.